The van der Waals surface area contributed by atoms with Gasteiger partial charge in [0.2, 0.25) is 4.80 Å². The van der Waals surface area contributed by atoms with Crippen molar-refractivity contribution in [1.82, 2.24) is 9.36 Å². The second kappa shape index (κ2) is 7.16. The van der Waals surface area contributed by atoms with Crippen molar-refractivity contribution in [3.05, 3.63) is 37.4 Å². The van der Waals surface area contributed by atoms with Gasteiger partial charge in [-0.25, -0.2) is 14.1 Å². The molecule has 0 amide bonds. The molecule has 2 aromatic rings. The summed E-state index contributed by atoms with van der Waals surface area (Å²) < 4.78 is 23.1. The molecule has 0 unspecified atom stereocenters. The van der Waals surface area contributed by atoms with Gasteiger partial charge in [0.25, 0.3) is 0 Å². The fraction of sp³-hybridized carbons (Fsp3) is 0.400. The zero-order chi connectivity index (χ0) is 17.3. The van der Waals surface area contributed by atoms with Crippen LogP contribution in [0.3, 0.4) is 0 Å². The fourth-order valence-electron chi connectivity index (χ4n) is 2.40. The first-order chi connectivity index (χ1) is 11.5. The molecule has 0 radical (unpaired) electrons. The van der Waals surface area contributed by atoms with Crippen molar-refractivity contribution in [3.63, 3.8) is 0 Å². The molecule has 0 aliphatic carbocycles. The minimum absolute atomic E-state index is 0.0658. The molecule has 1 aliphatic heterocycles. The summed E-state index contributed by atoms with van der Waals surface area (Å²) in [6.07, 6.45) is 2.46. The molecule has 1 aliphatic rings. The van der Waals surface area contributed by atoms with Crippen molar-refractivity contribution < 1.29 is 9.13 Å². The third-order valence-electron chi connectivity index (χ3n) is 3.62. The molecule has 0 atom stereocenters. The van der Waals surface area contributed by atoms with Crippen LogP contribution in [0.4, 0.5) is 10.1 Å². The van der Waals surface area contributed by atoms with Crippen LogP contribution >= 0.6 is 35.2 Å². The molecule has 3 rings (SSSR count). The van der Waals surface area contributed by atoms with E-state index in [0.29, 0.717) is 29.4 Å². The third-order valence-corrected chi connectivity index (χ3v) is 5.16. The largest absolute Gasteiger partial charge is 0.449 e. The highest BCUT2D eigenvalue weighted by molar-refractivity contribution is 7.80. The number of hydrogen-bond acceptors (Lipinski definition) is 5. The Labute approximate surface area is 152 Å². The van der Waals surface area contributed by atoms with Crippen molar-refractivity contribution >= 4 is 45.9 Å². The van der Waals surface area contributed by atoms with E-state index in [9.17, 15) is 9.18 Å². The Morgan fingerprint density at radius 2 is 2.12 bits per heavy atom. The van der Waals surface area contributed by atoms with Crippen molar-refractivity contribution in [3.8, 4) is 5.75 Å². The summed E-state index contributed by atoms with van der Waals surface area (Å²) in [6.45, 7) is 3.20. The van der Waals surface area contributed by atoms with Gasteiger partial charge in [0.1, 0.15) is 11.4 Å². The Morgan fingerprint density at radius 3 is 2.83 bits per heavy atom. The topological polar surface area (TPSA) is 48.5 Å². The zero-order valence-electron chi connectivity index (χ0n) is 12.9. The van der Waals surface area contributed by atoms with Crippen LogP contribution < -0.4 is 14.4 Å². The predicted molar refractivity (Wildman–Crippen MR) is 96.0 cm³/mol. The fourth-order valence-corrected chi connectivity index (χ4v) is 3.57. The van der Waals surface area contributed by atoms with Gasteiger partial charge >= 0.3 is 4.87 Å². The zero-order valence-corrected chi connectivity index (χ0v) is 15.3. The van der Waals surface area contributed by atoms with Gasteiger partial charge in [-0.15, -0.1) is 0 Å². The number of rotatable bonds is 3. The van der Waals surface area contributed by atoms with Crippen LogP contribution in [0.2, 0.25) is 5.02 Å². The van der Waals surface area contributed by atoms with E-state index in [1.807, 2.05) is 6.92 Å². The minimum Gasteiger partial charge on any atom is -0.449 e. The summed E-state index contributed by atoms with van der Waals surface area (Å²) in [7, 11) is 0. The molecule has 1 aromatic carbocycles. The Bertz CT molecular complexity index is 916. The molecular weight excluding hydrogens is 373 g/mol. The summed E-state index contributed by atoms with van der Waals surface area (Å²) in [6, 6.07) is 2.55. The smallest absolute Gasteiger partial charge is 0.325 e. The number of halogens is 2. The van der Waals surface area contributed by atoms with E-state index in [2.05, 4.69) is 4.99 Å². The normalized spacial score (nSPS) is 14.5. The average molecular weight is 388 g/mol. The van der Waals surface area contributed by atoms with Gasteiger partial charge in [-0.1, -0.05) is 18.5 Å². The maximum absolute atomic E-state index is 14.2. The highest BCUT2D eigenvalue weighted by atomic mass is 35.5. The van der Waals surface area contributed by atoms with E-state index >= 15 is 0 Å². The van der Waals surface area contributed by atoms with E-state index in [1.54, 1.807) is 9.36 Å². The lowest BCUT2D eigenvalue weighted by Gasteiger charge is -2.15. The van der Waals surface area contributed by atoms with Gasteiger partial charge in [0, 0.05) is 25.6 Å². The summed E-state index contributed by atoms with van der Waals surface area (Å²) in [5.41, 5.74) is 0.0658. The first-order valence-electron chi connectivity index (χ1n) is 7.54. The van der Waals surface area contributed by atoms with Crippen LogP contribution in [0.15, 0.2) is 21.9 Å². The highest BCUT2D eigenvalue weighted by Gasteiger charge is 2.15. The molecule has 0 saturated carbocycles. The number of aromatic nitrogens is 2. The first kappa shape index (κ1) is 17.3. The Hall–Kier alpha value is -1.51. The summed E-state index contributed by atoms with van der Waals surface area (Å²) in [4.78, 5) is 16.7. The van der Waals surface area contributed by atoms with Crippen LogP contribution in [0, 0.1) is 5.82 Å². The van der Waals surface area contributed by atoms with E-state index in [-0.39, 0.29) is 21.3 Å². The summed E-state index contributed by atoms with van der Waals surface area (Å²) >= 11 is 12.0. The SMILES string of the molecule is CCC(=S)Oc1cc(N=c2sc(=O)n3n2CCCC3)c(F)cc1Cl. The van der Waals surface area contributed by atoms with E-state index < -0.39 is 5.82 Å². The average Bonchev–Trinajstić information content (AvgIpc) is 2.88. The van der Waals surface area contributed by atoms with Crippen molar-refractivity contribution in [2.45, 2.75) is 39.3 Å². The maximum Gasteiger partial charge on any atom is 0.325 e. The lowest BCUT2D eigenvalue weighted by atomic mass is 10.3. The molecule has 0 spiro atoms. The molecule has 5 nitrogen and oxygen atoms in total. The van der Waals surface area contributed by atoms with E-state index in [4.69, 9.17) is 28.6 Å². The Kier molecular flexibility index (Phi) is 5.17. The predicted octanol–water partition coefficient (Wildman–Crippen LogP) is 3.65. The first-order valence-corrected chi connectivity index (χ1v) is 9.15. The molecule has 9 heteroatoms. The summed E-state index contributed by atoms with van der Waals surface area (Å²) in [5.74, 6) is -0.320. The Morgan fingerprint density at radius 1 is 1.42 bits per heavy atom. The second-order valence-electron chi connectivity index (χ2n) is 5.28. The molecule has 2 heterocycles. The summed E-state index contributed by atoms with van der Waals surface area (Å²) in [5, 5.41) is 0.483. The van der Waals surface area contributed by atoms with Crippen LogP contribution in [-0.2, 0) is 13.1 Å². The maximum atomic E-state index is 14.2. The number of thiocarbonyl (C=S) groups is 1. The van der Waals surface area contributed by atoms with Gasteiger partial charge in [0.15, 0.2) is 10.9 Å². The number of nitrogens with zero attached hydrogens (tertiary/aromatic N) is 3. The lowest BCUT2D eigenvalue weighted by molar-refractivity contribution is 0.345. The van der Waals surface area contributed by atoms with Crippen LogP contribution in [0.25, 0.3) is 0 Å². The third kappa shape index (κ3) is 3.45. The van der Waals surface area contributed by atoms with Crippen molar-refractivity contribution in [2.75, 3.05) is 0 Å². The highest BCUT2D eigenvalue weighted by Crippen LogP contribution is 2.32. The Balaban J connectivity index is 2.08. The van der Waals surface area contributed by atoms with E-state index in [1.165, 1.54) is 6.07 Å². The standard InChI is InChI=1S/C15H15ClFN3O2S2/c1-2-13(23)22-12-8-11(10(17)7-9(12)16)18-14-19-5-3-4-6-20(19)15(21)24-14/h7-8H,2-6H2,1H3. The van der Waals surface area contributed by atoms with Gasteiger partial charge in [-0.05, 0) is 42.5 Å². The molecule has 0 saturated heterocycles. The number of ether oxygens (including phenoxy) is 1. The molecule has 0 N–H and O–H groups in total. The molecular formula is C15H15ClFN3O2S2. The van der Waals surface area contributed by atoms with Gasteiger partial charge in [0.05, 0.1) is 5.02 Å². The quantitative estimate of drug-likeness (QED) is 0.755. The van der Waals surface area contributed by atoms with Crippen LogP contribution in [0.1, 0.15) is 26.2 Å². The van der Waals surface area contributed by atoms with Crippen LogP contribution in [-0.4, -0.2) is 14.4 Å². The van der Waals surface area contributed by atoms with Crippen molar-refractivity contribution in [1.29, 1.82) is 0 Å². The molecule has 1 aromatic heterocycles. The number of benzene rings is 1. The second-order valence-corrected chi connectivity index (χ2v) is 7.06. The van der Waals surface area contributed by atoms with Crippen molar-refractivity contribution in [2.24, 2.45) is 4.99 Å². The number of hydrogen-bond donors (Lipinski definition) is 0. The molecule has 128 valence electrons. The lowest BCUT2D eigenvalue weighted by Crippen LogP contribution is -2.31. The van der Waals surface area contributed by atoms with Gasteiger partial charge in [-0.2, -0.15) is 0 Å². The molecule has 0 bridgehead atoms. The van der Waals surface area contributed by atoms with Gasteiger partial charge in [-0.3, -0.25) is 9.48 Å². The monoisotopic (exact) mass is 387 g/mol. The number of fused-ring (bicyclic) bond motifs is 1. The molecule has 0 fully saturated rings. The molecule has 24 heavy (non-hydrogen) atoms. The van der Waals surface area contributed by atoms with Crippen LogP contribution in [0.5, 0.6) is 5.75 Å². The van der Waals surface area contributed by atoms with Gasteiger partial charge < -0.3 is 4.74 Å². The van der Waals surface area contributed by atoms with E-state index in [0.717, 1.165) is 30.2 Å². The minimum atomic E-state index is -0.578.